The van der Waals surface area contributed by atoms with Crippen LogP contribution in [0.5, 0.6) is 11.5 Å². The third kappa shape index (κ3) is 4.75. The molecule has 2 N–H and O–H groups in total. The molecule has 0 spiro atoms. The number of carbonyl (C=O) groups is 1. The number of halogens is 1. The summed E-state index contributed by atoms with van der Waals surface area (Å²) in [6, 6.07) is 4.65. The maximum Gasteiger partial charge on any atom is 0.247 e. The van der Waals surface area contributed by atoms with Crippen LogP contribution in [0.2, 0.25) is 0 Å². The van der Waals surface area contributed by atoms with Crippen LogP contribution < -0.4 is 15.2 Å². The molecule has 1 aromatic carbocycles. The summed E-state index contributed by atoms with van der Waals surface area (Å²) in [5, 5.41) is 0. The van der Waals surface area contributed by atoms with Crippen LogP contribution in [0.25, 0.3) is 0 Å². The molecule has 1 heterocycles. The van der Waals surface area contributed by atoms with Gasteiger partial charge in [-0.1, -0.05) is 0 Å². The Morgan fingerprint density at radius 3 is 2.32 bits per heavy atom. The first-order chi connectivity index (χ1) is 11.4. The van der Waals surface area contributed by atoms with Crippen LogP contribution >= 0.6 is 12.4 Å². The molecule has 1 aromatic rings. The summed E-state index contributed by atoms with van der Waals surface area (Å²) in [7, 11) is -0.840. The Kier molecular flexibility index (Phi) is 7.94. The van der Waals surface area contributed by atoms with E-state index in [1.54, 1.807) is 17.0 Å². The lowest BCUT2D eigenvalue weighted by molar-refractivity contribution is -0.132. The minimum absolute atomic E-state index is 0. The first-order valence-corrected chi connectivity index (χ1v) is 9.08. The molecular weight excluding hydrogens is 370 g/mol. The van der Waals surface area contributed by atoms with E-state index < -0.39 is 10.0 Å². The number of nitrogens with two attached hydrogens (primary N) is 1. The van der Waals surface area contributed by atoms with Crippen LogP contribution in [0.15, 0.2) is 23.1 Å². The molecule has 1 aliphatic heterocycles. The molecule has 0 unspecified atom stereocenters. The lowest BCUT2D eigenvalue weighted by Gasteiger charge is -2.34. The maximum absolute atomic E-state index is 12.9. The van der Waals surface area contributed by atoms with E-state index in [0.717, 1.165) is 0 Å². The Morgan fingerprint density at radius 2 is 1.80 bits per heavy atom. The van der Waals surface area contributed by atoms with Gasteiger partial charge in [0.15, 0.2) is 0 Å². The van der Waals surface area contributed by atoms with Crippen molar-refractivity contribution in [3.05, 3.63) is 18.2 Å². The van der Waals surface area contributed by atoms with Gasteiger partial charge in [0, 0.05) is 45.2 Å². The largest absolute Gasteiger partial charge is 0.497 e. The van der Waals surface area contributed by atoms with E-state index in [1.807, 2.05) is 0 Å². The molecule has 10 heteroatoms. The number of rotatable bonds is 6. The van der Waals surface area contributed by atoms with Crippen LogP contribution in [0.3, 0.4) is 0 Å². The number of carbonyl (C=O) groups excluding carboxylic acids is 1. The second-order valence-electron chi connectivity index (χ2n) is 5.34. The molecule has 1 saturated heterocycles. The van der Waals surface area contributed by atoms with Crippen molar-refractivity contribution in [2.75, 3.05) is 46.9 Å². The highest BCUT2D eigenvalue weighted by atomic mass is 35.5. The topological polar surface area (TPSA) is 102 Å². The minimum atomic E-state index is -3.73. The number of amides is 1. The molecule has 1 amide bonds. The molecule has 0 atom stereocenters. The zero-order valence-corrected chi connectivity index (χ0v) is 15.9. The standard InChI is InChI=1S/C15H23N3O5S.ClH/c1-22-12-3-4-13(23-2)14(11-12)24(20,21)18-9-7-17(8-10-18)15(19)5-6-16;/h3-4,11H,5-10,16H2,1-2H3;1H. The van der Waals surface area contributed by atoms with Crippen LogP contribution in [0, 0.1) is 0 Å². The Hall–Kier alpha value is -1.55. The highest BCUT2D eigenvalue weighted by Crippen LogP contribution is 2.31. The van der Waals surface area contributed by atoms with Crippen LogP contribution in [-0.2, 0) is 14.8 Å². The van der Waals surface area contributed by atoms with Crippen molar-refractivity contribution in [2.45, 2.75) is 11.3 Å². The molecular formula is C15H24ClN3O5S. The third-order valence-corrected chi connectivity index (χ3v) is 5.86. The van der Waals surface area contributed by atoms with Gasteiger partial charge in [0.2, 0.25) is 15.9 Å². The van der Waals surface area contributed by atoms with E-state index >= 15 is 0 Å². The summed E-state index contributed by atoms with van der Waals surface area (Å²) in [5.41, 5.74) is 5.39. The van der Waals surface area contributed by atoms with E-state index in [4.69, 9.17) is 15.2 Å². The average Bonchev–Trinajstić information content (AvgIpc) is 2.61. The number of hydrogen-bond donors (Lipinski definition) is 1. The van der Waals surface area contributed by atoms with Gasteiger partial charge in [-0.15, -0.1) is 12.4 Å². The molecule has 142 valence electrons. The second-order valence-corrected chi connectivity index (χ2v) is 7.25. The van der Waals surface area contributed by atoms with Crippen molar-refractivity contribution in [2.24, 2.45) is 5.73 Å². The van der Waals surface area contributed by atoms with Crippen molar-refractivity contribution in [3.8, 4) is 11.5 Å². The van der Waals surface area contributed by atoms with Gasteiger partial charge in [-0.2, -0.15) is 4.31 Å². The number of benzene rings is 1. The molecule has 0 aromatic heterocycles. The molecule has 1 aliphatic rings. The Morgan fingerprint density at radius 1 is 1.16 bits per heavy atom. The van der Waals surface area contributed by atoms with Crippen molar-refractivity contribution in [1.29, 1.82) is 0 Å². The maximum atomic E-state index is 12.9. The third-order valence-electron chi connectivity index (χ3n) is 3.94. The van der Waals surface area contributed by atoms with Gasteiger partial charge in [0.1, 0.15) is 16.4 Å². The number of hydrogen-bond acceptors (Lipinski definition) is 6. The number of sulfonamides is 1. The van der Waals surface area contributed by atoms with E-state index in [-0.39, 0.29) is 48.5 Å². The average molecular weight is 394 g/mol. The smallest absolute Gasteiger partial charge is 0.247 e. The predicted molar refractivity (Wildman–Crippen MR) is 95.8 cm³/mol. The number of methoxy groups -OCH3 is 2. The van der Waals surface area contributed by atoms with Crippen LogP contribution in [-0.4, -0.2) is 70.5 Å². The van der Waals surface area contributed by atoms with Gasteiger partial charge in [0.05, 0.1) is 14.2 Å². The van der Waals surface area contributed by atoms with Crippen molar-refractivity contribution < 1.29 is 22.7 Å². The van der Waals surface area contributed by atoms with Gasteiger partial charge in [-0.25, -0.2) is 8.42 Å². The lowest BCUT2D eigenvalue weighted by Crippen LogP contribution is -2.50. The fourth-order valence-corrected chi connectivity index (χ4v) is 4.18. The fraction of sp³-hybridized carbons (Fsp3) is 0.533. The van der Waals surface area contributed by atoms with Crippen LogP contribution in [0.4, 0.5) is 0 Å². The number of piperazine rings is 1. The van der Waals surface area contributed by atoms with Gasteiger partial charge < -0.3 is 20.1 Å². The minimum Gasteiger partial charge on any atom is -0.497 e. The van der Waals surface area contributed by atoms with E-state index in [0.29, 0.717) is 25.4 Å². The van der Waals surface area contributed by atoms with Gasteiger partial charge in [-0.05, 0) is 12.1 Å². The van der Waals surface area contributed by atoms with Crippen molar-refractivity contribution >= 4 is 28.3 Å². The van der Waals surface area contributed by atoms with Gasteiger partial charge in [-0.3, -0.25) is 4.79 Å². The van der Waals surface area contributed by atoms with Crippen molar-refractivity contribution in [1.82, 2.24) is 9.21 Å². The van der Waals surface area contributed by atoms with Crippen molar-refractivity contribution in [3.63, 3.8) is 0 Å². The first-order valence-electron chi connectivity index (χ1n) is 7.64. The molecule has 2 rings (SSSR count). The van der Waals surface area contributed by atoms with Gasteiger partial charge in [0.25, 0.3) is 0 Å². The molecule has 0 radical (unpaired) electrons. The summed E-state index contributed by atoms with van der Waals surface area (Å²) in [6.07, 6.45) is 0.274. The molecule has 8 nitrogen and oxygen atoms in total. The number of ether oxygens (including phenoxy) is 2. The van der Waals surface area contributed by atoms with E-state index in [1.165, 1.54) is 24.6 Å². The highest BCUT2D eigenvalue weighted by Gasteiger charge is 2.32. The van der Waals surface area contributed by atoms with Gasteiger partial charge >= 0.3 is 0 Å². The van der Waals surface area contributed by atoms with E-state index in [9.17, 15) is 13.2 Å². The SMILES string of the molecule is COc1ccc(OC)c(S(=O)(=O)N2CCN(C(=O)CCN)CC2)c1.Cl. The zero-order valence-electron chi connectivity index (χ0n) is 14.3. The molecule has 25 heavy (non-hydrogen) atoms. The molecule has 0 bridgehead atoms. The summed E-state index contributed by atoms with van der Waals surface area (Å²) in [4.78, 5) is 13.6. The molecule has 0 aliphatic carbocycles. The Bertz CT molecular complexity index is 690. The predicted octanol–water partition coefficient (Wildman–Crippen LogP) is 0.307. The summed E-state index contributed by atoms with van der Waals surface area (Å²) in [6.45, 7) is 1.46. The lowest BCUT2D eigenvalue weighted by atomic mass is 10.3. The summed E-state index contributed by atoms with van der Waals surface area (Å²) < 4.78 is 37.4. The molecule has 1 fully saturated rings. The number of nitrogens with zero attached hydrogens (tertiary/aromatic N) is 2. The normalized spacial score (nSPS) is 15.4. The monoisotopic (exact) mass is 393 g/mol. The second kappa shape index (κ2) is 9.23. The summed E-state index contributed by atoms with van der Waals surface area (Å²) in [5.74, 6) is 0.650. The Balaban J connectivity index is 0.00000312. The summed E-state index contributed by atoms with van der Waals surface area (Å²) >= 11 is 0. The van der Waals surface area contributed by atoms with Crippen LogP contribution in [0.1, 0.15) is 6.42 Å². The first kappa shape index (κ1) is 21.5. The quantitative estimate of drug-likeness (QED) is 0.746. The zero-order chi connectivity index (χ0) is 17.7. The molecule has 0 saturated carbocycles. The fourth-order valence-electron chi connectivity index (χ4n) is 2.58. The highest BCUT2D eigenvalue weighted by molar-refractivity contribution is 7.89. The Labute approximate surface area is 154 Å². The van der Waals surface area contributed by atoms with E-state index in [2.05, 4.69) is 0 Å².